The molecule has 0 aliphatic rings. The summed E-state index contributed by atoms with van der Waals surface area (Å²) in [6.45, 7) is 2.04. The van der Waals surface area contributed by atoms with Crippen LogP contribution in [-0.2, 0) is 4.79 Å². The lowest BCUT2D eigenvalue weighted by molar-refractivity contribution is -0.115. The number of nitrogens with one attached hydrogen (secondary N) is 2. The Morgan fingerprint density at radius 3 is 2.56 bits per heavy atom. The predicted molar refractivity (Wildman–Crippen MR) is 131 cm³/mol. The second-order valence-electron chi connectivity index (χ2n) is 6.94. The van der Waals surface area contributed by atoms with E-state index in [9.17, 15) is 4.79 Å². The lowest BCUT2D eigenvalue weighted by Gasteiger charge is -2.16. The van der Waals surface area contributed by atoms with Crippen molar-refractivity contribution in [2.45, 2.75) is 16.5 Å². The first-order valence-corrected chi connectivity index (χ1v) is 11.6. The number of rotatable bonds is 8. The van der Waals surface area contributed by atoms with Crippen molar-refractivity contribution in [3.05, 3.63) is 90.0 Å². The van der Waals surface area contributed by atoms with Crippen LogP contribution in [0.1, 0.15) is 16.4 Å². The van der Waals surface area contributed by atoms with Crippen molar-refractivity contribution in [1.29, 1.82) is 0 Å². The van der Waals surface area contributed by atoms with E-state index in [0.29, 0.717) is 20.9 Å². The Morgan fingerprint density at radius 2 is 1.78 bits per heavy atom. The molecule has 0 aliphatic carbocycles. The fraction of sp³-hybridized carbons (Fsp3) is 0.125. The van der Waals surface area contributed by atoms with Crippen molar-refractivity contribution in [3.63, 3.8) is 0 Å². The van der Waals surface area contributed by atoms with E-state index in [1.54, 1.807) is 13.2 Å². The van der Waals surface area contributed by atoms with Crippen LogP contribution in [0.3, 0.4) is 0 Å². The molecule has 1 heterocycles. The number of para-hydroxylation sites is 1. The Labute approximate surface area is 195 Å². The molecule has 1 amide bonds. The van der Waals surface area contributed by atoms with E-state index < -0.39 is 5.25 Å². The maximum atomic E-state index is 13.2. The number of nitrogens with zero attached hydrogens (tertiary/aromatic N) is 2. The van der Waals surface area contributed by atoms with Crippen LogP contribution in [0.2, 0.25) is 0 Å². The van der Waals surface area contributed by atoms with Gasteiger partial charge in [0.1, 0.15) is 11.0 Å². The first kappa shape index (κ1) is 21.9. The second-order valence-corrected chi connectivity index (χ2v) is 9.27. The zero-order chi connectivity index (χ0) is 22.3. The molecular weight excluding hydrogens is 440 g/mol. The maximum absolute atomic E-state index is 13.2. The molecule has 0 unspecified atom stereocenters. The quantitative estimate of drug-likeness (QED) is 0.310. The number of amides is 1. The van der Waals surface area contributed by atoms with Crippen molar-refractivity contribution in [2.75, 3.05) is 17.7 Å². The van der Waals surface area contributed by atoms with Gasteiger partial charge in [-0.1, -0.05) is 77.7 Å². The molecule has 1 aromatic heterocycles. The van der Waals surface area contributed by atoms with Crippen molar-refractivity contribution in [1.82, 2.24) is 10.2 Å². The Morgan fingerprint density at radius 1 is 1.00 bits per heavy atom. The highest BCUT2D eigenvalue weighted by atomic mass is 32.2. The molecule has 8 heteroatoms. The summed E-state index contributed by atoms with van der Waals surface area (Å²) in [7, 11) is 1.60. The molecular formula is C24H22N4O2S2. The second kappa shape index (κ2) is 10.3. The minimum absolute atomic E-state index is 0.141. The Balaban J connectivity index is 1.53. The number of benzene rings is 3. The number of ether oxygens (including phenoxy) is 1. The third kappa shape index (κ3) is 5.46. The van der Waals surface area contributed by atoms with E-state index in [4.69, 9.17) is 4.74 Å². The molecule has 162 valence electrons. The Kier molecular flexibility index (Phi) is 7.03. The Hall–Kier alpha value is -3.36. The predicted octanol–water partition coefficient (Wildman–Crippen LogP) is 6.07. The van der Waals surface area contributed by atoms with Gasteiger partial charge < -0.3 is 15.4 Å². The molecule has 6 nitrogen and oxygen atoms in total. The number of carbonyl (C=O) groups excluding carboxylic acids is 1. The molecule has 32 heavy (non-hydrogen) atoms. The van der Waals surface area contributed by atoms with Crippen LogP contribution in [0, 0.1) is 6.92 Å². The van der Waals surface area contributed by atoms with Crippen molar-refractivity contribution < 1.29 is 9.53 Å². The number of methoxy groups -OCH3 is 1. The molecule has 0 spiro atoms. The van der Waals surface area contributed by atoms with Crippen LogP contribution < -0.4 is 15.4 Å². The highest BCUT2D eigenvalue weighted by Gasteiger charge is 2.24. The number of hydrogen-bond donors (Lipinski definition) is 2. The van der Waals surface area contributed by atoms with Gasteiger partial charge in [-0.3, -0.25) is 4.79 Å². The molecule has 0 saturated heterocycles. The molecule has 0 saturated carbocycles. The summed E-state index contributed by atoms with van der Waals surface area (Å²) in [6.07, 6.45) is 0. The highest BCUT2D eigenvalue weighted by molar-refractivity contribution is 8.02. The summed E-state index contributed by atoms with van der Waals surface area (Å²) < 4.78 is 5.96. The molecule has 4 rings (SSSR count). The standard InChI is InChI=1S/C24H22N4O2S2/c1-16-9-6-7-14-20(16)26-23-27-28-24(32-23)31-21(17-10-4-3-5-11-17)22(29)25-18-12-8-13-19(15-18)30-2/h3-15,21H,1-2H3,(H,25,29)(H,26,27)/t21-/m0/s1. The monoisotopic (exact) mass is 462 g/mol. The largest absolute Gasteiger partial charge is 0.497 e. The molecule has 0 bridgehead atoms. The number of hydrogen-bond acceptors (Lipinski definition) is 7. The van der Waals surface area contributed by atoms with E-state index >= 15 is 0 Å². The normalized spacial score (nSPS) is 11.6. The van der Waals surface area contributed by atoms with E-state index in [-0.39, 0.29) is 5.91 Å². The smallest absolute Gasteiger partial charge is 0.242 e. The summed E-state index contributed by atoms with van der Waals surface area (Å²) >= 11 is 2.80. The molecule has 0 aliphatic heterocycles. The van der Waals surface area contributed by atoms with Crippen LogP contribution in [-0.4, -0.2) is 23.2 Å². The van der Waals surface area contributed by atoms with Gasteiger partial charge in [-0.15, -0.1) is 10.2 Å². The van der Waals surface area contributed by atoms with Gasteiger partial charge in [0.2, 0.25) is 11.0 Å². The summed E-state index contributed by atoms with van der Waals surface area (Å²) in [6, 6.07) is 25.0. The Bertz CT molecular complexity index is 1200. The first-order chi connectivity index (χ1) is 15.6. The van der Waals surface area contributed by atoms with E-state index in [1.165, 1.54) is 23.1 Å². The lowest BCUT2D eigenvalue weighted by atomic mass is 10.1. The number of aryl methyl sites for hydroxylation is 1. The average molecular weight is 463 g/mol. The third-order valence-corrected chi connectivity index (χ3v) is 6.87. The molecule has 0 radical (unpaired) electrons. The van der Waals surface area contributed by atoms with E-state index in [2.05, 4.69) is 20.8 Å². The molecule has 4 aromatic rings. The van der Waals surface area contributed by atoms with Gasteiger partial charge in [0.25, 0.3) is 0 Å². The zero-order valence-electron chi connectivity index (χ0n) is 17.6. The molecule has 3 aromatic carbocycles. The molecule has 1 atom stereocenters. The highest BCUT2D eigenvalue weighted by Crippen LogP contribution is 2.39. The van der Waals surface area contributed by atoms with E-state index in [0.717, 1.165) is 16.8 Å². The van der Waals surface area contributed by atoms with Gasteiger partial charge in [-0.2, -0.15) is 0 Å². The molecule has 0 fully saturated rings. The van der Waals surface area contributed by atoms with Gasteiger partial charge in [0, 0.05) is 17.4 Å². The summed E-state index contributed by atoms with van der Waals surface area (Å²) in [5.41, 5.74) is 3.67. The van der Waals surface area contributed by atoms with Crippen molar-refractivity contribution in [3.8, 4) is 5.75 Å². The van der Waals surface area contributed by atoms with E-state index in [1.807, 2.05) is 79.7 Å². The fourth-order valence-corrected chi connectivity index (χ4v) is 5.00. The minimum atomic E-state index is -0.485. The average Bonchev–Trinajstić information content (AvgIpc) is 3.26. The van der Waals surface area contributed by atoms with Gasteiger partial charge in [0.15, 0.2) is 4.34 Å². The van der Waals surface area contributed by atoms with Gasteiger partial charge >= 0.3 is 0 Å². The van der Waals surface area contributed by atoms with Crippen LogP contribution >= 0.6 is 23.1 Å². The SMILES string of the molecule is COc1cccc(NC(=O)[C@@H](Sc2nnc(Nc3ccccc3C)s2)c2ccccc2)c1. The fourth-order valence-electron chi connectivity index (χ4n) is 3.05. The van der Waals surface area contributed by atoms with Crippen molar-refractivity contribution >= 4 is 45.5 Å². The number of anilines is 3. The summed E-state index contributed by atoms with van der Waals surface area (Å²) in [5.74, 6) is 0.542. The number of carbonyl (C=O) groups is 1. The van der Waals surface area contributed by atoms with Crippen LogP contribution in [0.5, 0.6) is 5.75 Å². The third-order valence-electron chi connectivity index (χ3n) is 4.69. The molecule has 2 N–H and O–H groups in total. The van der Waals surface area contributed by atoms with Crippen LogP contribution in [0.15, 0.2) is 83.2 Å². The number of thioether (sulfide) groups is 1. The summed E-state index contributed by atoms with van der Waals surface area (Å²) in [4.78, 5) is 13.2. The lowest BCUT2D eigenvalue weighted by Crippen LogP contribution is -2.19. The number of aromatic nitrogens is 2. The van der Waals surface area contributed by atoms with Crippen molar-refractivity contribution in [2.24, 2.45) is 0 Å². The topological polar surface area (TPSA) is 76.1 Å². The first-order valence-electron chi connectivity index (χ1n) is 9.95. The minimum Gasteiger partial charge on any atom is -0.497 e. The van der Waals surface area contributed by atoms with Gasteiger partial charge in [-0.05, 0) is 36.2 Å². The van der Waals surface area contributed by atoms with Crippen LogP contribution in [0.25, 0.3) is 0 Å². The van der Waals surface area contributed by atoms with Crippen LogP contribution in [0.4, 0.5) is 16.5 Å². The van der Waals surface area contributed by atoms with Gasteiger partial charge in [0.05, 0.1) is 7.11 Å². The maximum Gasteiger partial charge on any atom is 0.242 e. The zero-order valence-corrected chi connectivity index (χ0v) is 19.2. The van der Waals surface area contributed by atoms with Gasteiger partial charge in [-0.25, -0.2) is 0 Å². The summed E-state index contributed by atoms with van der Waals surface area (Å²) in [5, 5.41) is 15.0.